The minimum Gasteiger partial charge on any atom is -0.338 e. The summed E-state index contributed by atoms with van der Waals surface area (Å²) in [7, 11) is 0. The fourth-order valence-electron chi connectivity index (χ4n) is 3.09. The summed E-state index contributed by atoms with van der Waals surface area (Å²) in [5, 5.41) is 0.631. The summed E-state index contributed by atoms with van der Waals surface area (Å²) in [5.41, 5.74) is 0.808. The van der Waals surface area contributed by atoms with Gasteiger partial charge in [0.1, 0.15) is 10.7 Å². The maximum Gasteiger partial charge on any atom is 0.264 e. The Bertz CT molecular complexity index is 787. The lowest BCUT2D eigenvalue weighted by Crippen LogP contribution is -2.30. The molecule has 2 aromatic rings. The molecule has 22 heavy (non-hydrogen) atoms. The van der Waals surface area contributed by atoms with Crippen molar-refractivity contribution < 1.29 is 4.79 Å². The van der Waals surface area contributed by atoms with E-state index in [-0.39, 0.29) is 11.5 Å². The Labute approximate surface area is 133 Å². The molecular weight excluding hydrogens is 298 g/mol. The van der Waals surface area contributed by atoms with E-state index in [9.17, 15) is 9.59 Å². The highest BCUT2D eigenvalue weighted by molar-refractivity contribution is 7.20. The summed E-state index contributed by atoms with van der Waals surface area (Å²) < 4.78 is 1.79. The number of hydrogen-bond donors (Lipinski definition) is 0. The van der Waals surface area contributed by atoms with Crippen molar-refractivity contribution in [2.45, 2.75) is 46.6 Å². The number of fused-ring (bicyclic) bond motifs is 2. The normalized spacial score (nSPS) is 14.1. The molecule has 0 fully saturated rings. The van der Waals surface area contributed by atoms with E-state index in [1.807, 2.05) is 20.8 Å². The zero-order valence-electron chi connectivity index (χ0n) is 13.3. The van der Waals surface area contributed by atoms with Gasteiger partial charge in [0.25, 0.3) is 11.5 Å². The molecule has 2 aromatic heterocycles. The molecule has 0 radical (unpaired) electrons. The first-order valence-electron chi connectivity index (χ1n) is 7.90. The van der Waals surface area contributed by atoms with Gasteiger partial charge in [0, 0.05) is 26.1 Å². The first-order valence-corrected chi connectivity index (χ1v) is 8.72. The average molecular weight is 319 g/mol. The molecule has 0 aromatic carbocycles. The lowest BCUT2D eigenvalue weighted by Gasteiger charge is -2.17. The summed E-state index contributed by atoms with van der Waals surface area (Å²) in [6.07, 6.45) is 2.95. The van der Waals surface area contributed by atoms with Gasteiger partial charge in [-0.3, -0.25) is 14.2 Å². The molecule has 1 amide bonds. The van der Waals surface area contributed by atoms with Crippen LogP contribution in [0.2, 0.25) is 0 Å². The Balaban J connectivity index is 2.19. The second-order valence-electron chi connectivity index (χ2n) is 5.66. The number of hydrogen-bond acceptors (Lipinski definition) is 4. The third kappa shape index (κ3) is 2.26. The van der Waals surface area contributed by atoms with E-state index >= 15 is 0 Å². The number of aromatic nitrogens is 2. The summed E-state index contributed by atoms with van der Waals surface area (Å²) in [6, 6.07) is 0. The van der Waals surface area contributed by atoms with Gasteiger partial charge in [-0.2, -0.15) is 0 Å². The van der Waals surface area contributed by atoms with Crippen LogP contribution in [-0.2, 0) is 13.0 Å². The van der Waals surface area contributed by atoms with Crippen LogP contribution < -0.4 is 5.56 Å². The van der Waals surface area contributed by atoms with Crippen LogP contribution in [0.3, 0.4) is 0 Å². The van der Waals surface area contributed by atoms with Gasteiger partial charge in [-0.05, 0) is 39.2 Å². The molecule has 0 spiro atoms. The molecule has 0 saturated carbocycles. The first-order chi connectivity index (χ1) is 10.6. The summed E-state index contributed by atoms with van der Waals surface area (Å²) >= 11 is 1.36. The second-order valence-corrected chi connectivity index (χ2v) is 6.65. The lowest BCUT2D eigenvalue weighted by atomic mass is 10.1. The molecule has 0 saturated heterocycles. The van der Waals surface area contributed by atoms with Crippen molar-refractivity contribution in [2.24, 2.45) is 0 Å². The monoisotopic (exact) mass is 319 g/mol. The highest BCUT2D eigenvalue weighted by Crippen LogP contribution is 2.29. The highest BCUT2D eigenvalue weighted by atomic mass is 32.1. The van der Waals surface area contributed by atoms with E-state index in [4.69, 9.17) is 0 Å². The van der Waals surface area contributed by atoms with Crippen LogP contribution in [0.4, 0.5) is 0 Å². The molecule has 6 heteroatoms. The van der Waals surface area contributed by atoms with Gasteiger partial charge >= 0.3 is 0 Å². The number of aryl methyl sites for hydroxylation is 2. The number of rotatable bonds is 3. The van der Waals surface area contributed by atoms with Crippen molar-refractivity contribution in [3.05, 3.63) is 26.6 Å². The number of carbonyl (C=O) groups excluding carboxylic acids is 1. The quantitative estimate of drug-likeness (QED) is 0.874. The fourth-order valence-corrected chi connectivity index (χ4v) is 4.25. The van der Waals surface area contributed by atoms with E-state index in [0.29, 0.717) is 28.2 Å². The van der Waals surface area contributed by atoms with Crippen LogP contribution in [-0.4, -0.2) is 33.4 Å². The largest absolute Gasteiger partial charge is 0.338 e. The van der Waals surface area contributed by atoms with Crippen LogP contribution in [0.25, 0.3) is 10.2 Å². The lowest BCUT2D eigenvalue weighted by molar-refractivity contribution is 0.0777. The van der Waals surface area contributed by atoms with Gasteiger partial charge in [-0.1, -0.05) is 0 Å². The van der Waals surface area contributed by atoms with Crippen LogP contribution in [0.1, 0.15) is 47.7 Å². The zero-order valence-corrected chi connectivity index (χ0v) is 14.1. The Kier molecular flexibility index (Phi) is 4.04. The zero-order chi connectivity index (χ0) is 15.9. The Morgan fingerprint density at radius 2 is 2.05 bits per heavy atom. The highest BCUT2D eigenvalue weighted by Gasteiger charge is 2.24. The molecule has 3 rings (SSSR count). The van der Waals surface area contributed by atoms with Crippen LogP contribution in [0.15, 0.2) is 4.79 Å². The predicted molar refractivity (Wildman–Crippen MR) is 88.8 cm³/mol. The molecule has 1 aliphatic heterocycles. The van der Waals surface area contributed by atoms with Crippen molar-refractivity contribution >= 4 is 27.5 Å². The molecule has 3 heterocycles. The summed E-state index contributed by atoms with van der Waals surface area (Å²) in [5.74, 6) is 0.875. The minimum absolute atomic E-state index is 0.00729. The minimum atomic E-state index is 0.00729. The molecule has 118 valence electrons. The molecule has 0 aliphatic carbocycles. The SMILES string of the molecule is CCN(CC)C(=O)c1sc2nc3n(c(=O)c2c1C)CCCC3. The standard InChI is InChI=1S/C16H21N3O2S/c1-4-18(5-2)16(21)13-10(3)12-14(22-13)17-11-8-6-7-9-19(11)15(12)20/h4-9H2,1-3H3. The van der Waals surface area contributed by atoms with Crippen LogP contribution in [0, 0.1) is 6.92 Å². The van der Waals surface area contributed by atoms with E-state index in [1.165, 1.54) is 11.3 Å². The van der Waals surface area contributed by atoms with E-state index < -0.39 is 0 Å². The average Bonchev–Trinajstić information content (AvgIpc) is 2.85. The Hall–Kier alpha value is -1.69. The van der Waals surface area contributed by atoms with Crippen molar-refractivity contribution in [2.75, 3.05) is 13.1 Å². The molecule has 0 N–H and O–H groups in total. The van der Waals surface area contributed by atoms with E-state index in [1.54, 1.807) is 9.47 Å². The number of amides is 1. The van der Waals surface area contributed by atoms with Crippen LogP contribution in [0.5, 0.6) is 0 Å². The maximum absolute atomic E-state index is 12.7. The van der Waals surface area contributed by atoms with E-state index in [0.717, 1.165) is 37.2 Å². The second kappa shape index (κ2) is 5.83. The molecule has 1 aliphatic rings. The van der Waals surface area contributed by atoms with Gasteiger partial charge in [0.15, 0.2) is 0 Å². The number of nitrogens with zero attached hydrogens (tertiary/aromatic N) is 3. The van der Waals surface area contributed by atoms with E-state index in [2.05, 4.69) is 4.98 Å². The Morgan fingerprint density at radius 1 is 1.32 bits per heavy atom. The maximum atomic E-state index is 12.7. The number of carbonyl (C=O) groups is 1. The first kappa shape index (κ1) is 15.2. The van der Waals surface area contributed by atoms with Crippen molar-refractivity contribution in [1.29, 1.82) is 0 Å². The third-order valence-electron chi connectivity index (χ3n) is 4.41. The smallest absolute Gasteiger partial charge is 0.264 e. The summed E-state index contributed by atoms with van der Waals surface area (Å²) in [4.78, 5) is 33.2. The molecule has 0 bridgehead atoms. The van der Waals surface area contributed by atoms with Crippen molar-refractivity contribution in [3.8, 4) is 0 Å². The van der Waals surface area contributed by atoms with Gasteiger partial charge in [0.05, 0.1) is 10.3 Å². The predicted octanol–water partition coefficient (Wildman–Crippen LogP) is 2.58. The molecular formula is C16H21N3O2S. The van der Waals surface area contributed by atoms with Crippen LogP contribution >= 0.6 is 11.3 Å². The molecule has 0 unspecified atom stereocenters. The van der Waals surface area contributed by atoms with Gasteiger partial charge in [-0.15, -0.1) is 11.3 Å². The van der Waals surface area contributed by atoms with Crippen molar-refractivity contribution in [3.63, 3.8) is 0 Å². The third-order valence-corrected chi connectivity index (χ3v) is 5.58. The molecule has 0 atom stereocenters. The Morgan fingerprint density at radius 3 is 2.73 bits per heavy atom. The van der Waals surface area contributed by atoms with Gasteiger partial charge in [-0.25, -0.2) is 4.98 Å². The van der Waals surface area contributed by atoms with Gasteiger partial charge in [0.2, 0.25) is 0 Å². The molecule has 5 nitrogen and oxygen atoms in total. The fraction of sp³-hybridized carbons (Fsp3) is 0.562. The summed E-state index contributed by atoms with van der Waals surface area (Å²) in [6.45, 7) is 7.89. The topological polar surface area (TPSA) is 55.2 Å². The number of thiophene rings is 1. The van der Waals surface area contributed by atoms with Crippen molar-refractivity contribution in [1.82, 2.24) is 14.5 Å². The van der Waals surface area contributed by atoms with Gasteiger partial charge < -0.3 is 4.90 Å².